The summed E-state index contributed by atoms with van der Waals surface area (Å²) in [6.07, 6.45) is 2.66. The first-order valence-electron chi connectivity index (χ1n) is 6.20. The molecule has 1 aromatic heterocycles. The zero-order valence-electron chi connectivity index (χ0n) is 11.2. The van der Waals surface area contributed by atoms with E-state index >= 15 is 0 Å². The first-order valence-corrected chi connectivity index (χ1v) is 6.20. The Balaban J connectivity index is 2.18. The van der Waals surface area contributed by atoms with Crippen molar-refractivity contribution in [3.63, 3.8) is 0 Å². The molecule has 0 atom stereocenters. The number of hydrogen-bond acceptors (Lipinski definition) is 4. The molecule has 0 aliphatic rings. The number of hydrogen-bond donors (Lipinski definition) is 2. The zero-order valence-corrected chi connectivity index (χ0v) is 11.2. The van der Waals surface area contributed by atoms with Crippen molar-refractivity contribution < 1.29 is 0 Å². The van der Waals surface area contributed by atoms with Crippen molar-refractivity contribution in [2.45, 2.75) is 27.2 Å². The van der Waals surface area contributed by atoms with Gasteiger partial charge in [0.05, 0.1) is 5.52 Å². The van der Waals surface area contributed by atoms with Crippen molar-refractivity contribution >= 4 is 22.4 Å². The van der Waals surface area contributed by atoms with E-state index in [1.165, 1.54) is 0 Å². The Morgan fingerprint density at radius 3 is 2.72 bits per heavy atom. The van der Waals surface area contributed by atoms with Crippen LogP contribution in [-0.4, -0.2) is 16.5 Å². The molecule has 2 rings (SSSR count). The molecule has 3 N–H and O–H groups in total. The molecule has 0 aliphatic carbocycles. The van der Waals surface area contributed by atoms with Gasteiger partial charge in [-0.05, 0) is 30.0 Å². The number of fused-ring (bicyclic) bond motifs is 1. The van der Waals surface area contributed by atoms with Crippen molar-refractivity contribution in [1.82, 2.24) is 9.97 Å². The quantitative estimate of drug-likeness (QED) is 0.814. The molecule has 0 fully saturated rings. The van der Waals surface area contributed by atoms with E-state index in [4.69, 9.17) is 5.73 Å². The van der Waals surface area contributed by atoms with Crippen molar-refractivity contribution in [1.29, 1.82) is 0 Å². The minimum atomic E-state index is 0.320. The Kier molecular flexibility index (Phi) is 3.36. The van der Waals surface area contributed by atoms with E-state index in [1.54, 1.807) is 6.33 Å². The Labute approximate surface area is 108 Å². The molecule has 0 radical (unpaired) electrons. The highest BCUT2D eigenvalue weighted by Gasteiger charge is 2.10. The minimum absolute atomic E-state index is 0.320. The Hall–Kier alpha value is -1.84. The summed E-state index contributed by atoms with van der Waals surface area (Å²) in [4.78, 5) is 8.52. The van der Waals surface area contributed by atoms with Crippen LogP contribution in [0.2, 0.25) is 0 Å². The monoisotopic (exact) mass is 244 g/mol. The Morgan fingerprint density at radius 1 is 1.22 bits per heavy atom. The molecular formula is C14H20N4. The van der Waals surface area contributed by atoms with Crippen LogP contribution in [0.5, 0.6) is 0 Å². The lowest BCUT2D eigenvalue weighted by Crippen LogP contribution is -2.13. The van der Waals surface area contributed by atoms with Gasteiger partial charge in [0.25, 0.3) is 0 Å². The zero-order chi connectivity index (χ0) is 13.2. The highest BCUT2D eigenvalue weighted by molar-refractivity contribution is 5.90. The van der Waals surface area contributed by atoms with Gasteiger partial charge in [-0.2, -0.15) is 0 Å². The first kappa shape index (κ1) is 12.6. The van der Waals surface area contributed by atoms with Gasteiger partial charge in [0.1, 0.15) is 12.1 Å². The second-order valence-electron chi connectivity index (χ2n) is 5.74. The van der Waals surface area contributed by atoms with Crippen LogP contribution in [0.3, 0.4) is 0 Å². The number of nitrogens with one attached hydrogen (secondary N) is 1. The number of benzene rings is 1. The third kappa shape index (κ3) is 3.09. The maximum absolute atomic E-state index is 5.75. The molecule has 4 nitrogen and oxygen atoms in total. The number of nitrogens with two attached hydrogens (primary N) is 1. The van der Waals surface area contributed by atoms with E-state index in [0.29, 0.717) is 5.41 Å². The van der Waals surface area contributed by atoms with Gasteiger partial charge in [-0.3, -0.25) is 0 Å². The van der Waals surface area contributed by atoms with Crippen LogP contribution >= 0.6 is 0 Å². The molecule has 2 aromatic rings. The topological polar surface area (TPSA) is 63.8 Å². The largest absolute Gasteiger partial charge is 0.399 e. The summed E-state index contributed by atoms with van der Waals surface area (Å²) in [6, 6.07) is 5.71. The van der Waals surface area contributed by atoms with Gasteiger partial charge < -0.3 is 11.1 Å². The summed E-state index contributed by atoms with van der Waals surface area (Å²) in [7, 11) is 0. The Bertz CT molecular complexity index is 543. The van der Waals surface area contributed by atoms with Crippen LogP contribution < -0.4 is 11.1 Å². The summed E-state index contributed by atoms with van der Waals surface area (Å²) in [6.45, 7) is 7.59. The van der Waals surface area contributed by atoms with Crippen LogP contribution in [0, 0.1) is 5.41 Å². The van der Waals surface area contributed by atoms with Gasteiger partial charge >= 0.3 is 0 Å². The second-order valence-corrected chi connectivity index (χ2v) is 5.74. The number of rotatable bonds is 3. The summed E-state index contributed by atoms with van der Waals surface area (Å²) in [5, 5.41) is 4.39. The molecule has 0 amide bonds. The van der Waals surface area contributed by atoms with E-state index in [-0.39, 0.29) is 0 Å². The molecule has 1 heterocycles. The SMILES string of the molecule is CC(C)(C)CCNc1ncnc2cc(N)ccc12. The molecule has 0 unspecified atom stereocenters. The summed E-state index contributed by atoms with van der Waals surface area (Å²) in [5.74, 6) is 0.879. The molecule has 0 saturated carbocycles. The summed E-state index contributed by atoms with van der Waals surface area (Å²) >= 11 is 0. The summed E-state index contributed by atoms with van der Waals surface area (Å²) in [5.41, 5.74) is 7.67. The number of nitrogens with zero attached hydrogens (tertiary/aromatic N) is 2. The van der Waals surface area contributed by atoms with Gasteiger partial charge in [0, 0.05) is 17.6 Å². The van der Waals surface area contributed by atoms with Crippen LogP contribution in [0.15, 0.2) is 24.5 Å². The molecule has 18 heavy (non-hydrogen) atoms. The minimum Gasteiger partial charge on any atom is -0.399 e. The van der Waals surface area contributed by atoms with E-state index in [9.17, 15) is 0 Å². The maximum atomic E-state index is 5.75. The van der Waals surface area contributed by atoms with Gasteiger partial charge in [-0.15, -0.1) is 0 Å². The number of anilines is 2. The molecule has 0 saturated heterocycles. The highest BCUT2D eigenvalue weighted by atomic mass is 15.0. The van der Waals surface area contributed by atoms with Crippen LogP contribution in [0.4, 0.5) is 11.5 Å². The Morgan fingerprint density at radius 2 is 2.00 bits per heavy atom. The normalized spacial score (nSPS) is 11.7. The fraction of sp³-hybridized carbons (Fsp3) is 0.429. The highest BCUT2D eigenvalue weighted by Crippen LogP contribution is 2.22. The lowest BCUT2D eigenvalue weighted by atomic mass is 9.92. The summed E-state index contributed by atoms with van der Waals surface area (Å²) < 4.78 is 0. The molecule has 96 valence electrons. The van der Waals surface area contributed by atoms with Gasteiger partial charge in [0.2, 0.25) is 0 Å². The van der Waals surface area contributed by atoms with Crippen molar-refractivity contribution in [2.75, 3.05) is 17.6 Å². The molecule has 1 aromatic carbocycles. The van der Waals surface area contributed by atoms with Crippen LogP contribution in [0.1, 0.15) is 27.2 Å². The second kappa shape index (κ2) is 4.80. The lowest BCUT2D eigenvalue weighted by molar-refractivity contribution is 0.389. The molecule has 0 spiro atoms. The van der Waals surface area contributed by atoms with Gasteiger partial charge in [-0.1, -0.05) is 20.8 Å². The molecule has 4 heteroatoms. The third-order valence-electron chi connectivity index (χ3n) is 2.83. The first-order chi connectivity index (χ1) is 8.46. The van der Waals surface area contributed by atoms with Gasteiger partial charge in [0.15, 0.2) is 0 Å². The van der Waals surface area contributed by atoms with Gasteiger partial charge in [-0.25, -0.2) is 9.97 Å². The van der Waals surface area contributed by atoms with Crippen molar-refractivity contribution in [2.24, 2.45) is 5.41 Å². The molecule has 0 aliphatic heterocycles. The van der Waals surface area contributed by atoms with Crippen LogP contribution in [-0.2, 0) is 0 Å². The van der Waals surface area contributed by atoms with E-state index in [2.05, 4.69) is 36.1 Å². The predicted molar refractivity (Wildman–Crippen MR) is 76.5 cm³/mol. The lowest BCUT2D eigenvalue weighted by Gasteiger charge is -2.18. The molecular weight excluding hydrogens is 224 g/mol. The standard InChI is InChI=1S/C14H20N4/c1-14(2,3)6-7-16-13-11-5-4-10(15)8-12(11)17-9-18-13/h4-5,8-9H,6-7,15H2,1-3H3,(H,16,17,18). The van der Waals surface area contributed by atoms with Crippen molar-refractivity contribution in [3.05, 3.63) is 24.5 Å². The number of aromatic nitrogens is 2. The predicted octanol–water partition coefficient (Wildman–Crippen LogP) is 3.06. The maximum Gasteiger partial charge on any atom is 0.137 e. The van der Waals surface area contributed by atoms with E-state index < -0.39 is 0 Å². The van der Waals surface area contributed by atoms with Crippen LogP contribution in [0.25, 0.3) is 10.9 Å². The van der Waals surface area contributed by atoms with E-state index in [1.807, 2.05) is 18.2 Å². The average Bonchev–Trinajstić information content (AvgIpc) is 2.27. The molecule has 0 bridgehead atoms. The number of nitrogen functional groups attached to an aromatic ring is 1. The fourth-order valence-corrected chi connectivity index (χ4v) is 1.77. The van der Waals surface area contributed by atoms with E-state index in [0.717, 1.165) is 35.4 Å². The third-order valence-corrected chi connectivity index (χ3v) is 2.83. The average molecular weight is 244 g/mol. The van der Waals surface area contributed by atoms with Crippen molar-refractivity contribution in [3.8, 4) is 0 Å². The fourth-order valence-electron chi connectivity index (χ4n) is 1.77. The smallest absolute Gasteiger partial charge is 0.137 e.